The van der Waals surface area contributed by atoms with Gasteiger partial charge in [-0.25, -0.2) is 0 Å². The second-order valence-electron chi connectivity index (χ2n) is 29.6. The summed E-state index contributed by atoms with van der Waals surface area (Å²) in [5.74, 6) is -0.279. The molecule has 19 heteroatoms. The molecule has 3 fully saturated rings. The fourth-order valence-corrected chi connectivity index (χ4v) is 14.0. The van der Waals surface area contributed by atoms with Gasteiger partial charge in [0, 0.05) is 6.42 Å². The number of hydrogen-bond acceptors (Lipinski definition) is 18. The summed E-state index contributed by atoms with van der Waals surface area (Å²) in [6, 6.07) is -0.991. The SMILES string of the molecule is CCCCCCCCCC/C=C\CCCCCCCCCCCCCCCCCC(=O)NC(COC1OC(CO)C(OC2OC(CO)C(OC3OC(CO)C(O)C(O)C3O)C(O)C2O)C(O)C1O)C(O)/C=C/CC/C=C/CCCCCCCCCCCCCCCCCCCCCCCC. The summed E-state index contributed by atoms with van der Waals surface area (Å²) in [7, 11) is 0. The van der Waals surface area contributed by atoms with Crippen LogP contribution in [0, 0.1) is 0 Å². The van der Waals surface area contributed by atoms with E-state index in [1.807, 2.05) is 6.08 Å². The van der Waals surface area contributed by atoms with Crippen molar-refractivity contribution in [3.8, 4) is 0 Å². The van der Waals surface area contributed by atoms with Crippen LogP contribution in [0.2, 0.25) is 0 Å². The first-order valence-electron chi connectivity index (χ1n) is 41.2. The number of nitrogens with one attached hydrogen (secondary N) is 1. The van der Waals surface area contributed by atoms with Crippen LogP contribution in [-0.2, 0) is 33.2 Å². The lowest BCUT2D eigenvalue weighted by Crippen LogP contribution is -2.66. The average molecular weight is 1430 g/mol. The first-order chi connectivity index (χ1) is 48.8. The predicted molar refractivity (Wildman–Crippen MR) is 397 cm³/mol. The molecule has 0 bridgehead atoms. The maximum atomic E-state index is 13.5. The highest BCUT2D eigenvalue weighted by atomic mass is 16.8. The summed E-state index contributed by atoms with van der Waals surface area (Å²) in [5, 5.41) is 121. The maximum absolute atomic E-state index is 13.5. The Balaban J connectivity index is 1.38. The molecule has 0 spiro atoms. The zero-order valence-electron chi connectivity index (χ0n) is 62.9. The van der Waals surface area contributed by atoms with Crippen molar-refractivity contribution in [3.63, 3.8) is 0 Å². The van der Waals surface area contributed by atoms with Gasteiger partial charge in [-0.1, -0.05) is 314 Å². The Morgan fingerprint density at radius 2 is 0.640 bits per heavy atom. The molecule has 0 aromatic heterocycles. The van der Waals surface area contributed by atoms with Gasteiger partial charge in [-0.15, -0.1) is 0 Å². The van der Waals surface area contributed by atoms with E-state index in [9.17, 15) is 61.0 Å². The first kappa shape index (κ1) is 92.2. The molecule has 588 valence electrons. The van der Waals surface area contributed by atoms with Gasteiger partial charge < -0.3 is 89.9 Å². The molecule has 3 heterocycles. The largest absolute Gasteiger partial charge is 0.394 e. The zero-order valence-corrected chi connectivity index (χ0v) is 62.9. The Labute approximate surface area is 606 Å². The van der Waals surface area contributed by atoms with Gasteiger partial charge in [0.25, 0.3) is 0 Å². The Bertz CT molecular complexity index is 1950. The van der Waals surface area contributed by atoms with Crippen molar-refractivity contribution in [2.24, 2.45) is 0 Å². The molecule has 3 saturated heterocycles. The second kappa shape index (κ2) is 62.1. The van der Waals surface area contributed by atoms with Gasteiger partial charge in [-0.2, -0.15) is 0 Å². The number of hydrogen-bond donors (Lipinski definition) is 12. The highest BCUT2D eigenvalue weighted by Gasteiger charge is 2.54. The van der Waals surface area contributed by atoms with Crippen molar-refractivity contribution in [1.82, 2.24) is 5.32 Å². The molecule has 3 aliphatic heterocycles. The third-order valence-corrected chi connectivity index (χ3v) is 20.7. The topological polar surface area (TPSA) is 307 Å². The Morgan fingerprint density at radius 3 is 1.00 bits per heavy atom. The quantitative estimate of drug-likeness (QED) is 0.0199. The van der Waals surface area contributed by atoms with Crippen LogP contribution in [0.3, 0.4) is 0 Å². The lowest BCUT2D eigenvalue weighted by Gasteiger charge is -2.48. The van der Waals surface area contributed by atoms with E-state index in [4.69, 9.17) is 28.4 Å². The van der Waals surface area contributed by atoms with Gasteiger partial charge in [-0.05, 0) is 57.8 Å². The van der Waals surface area contributed by atoms with Crippen LogP contribution in [-0.4, -0.2) is 193 Å². The summed E-state index contributed by atoms with van der Waals surface area (Å²) in [5.41, 5.74) is 0. The molecule has 0 aliphatic carbocycles. The van der Waals surface area contributed by atoms with Crippen LogP contribution in [0.1, 0.15) is 341 Å². The molecule has 12 N–H and O–H groups in total. The van der Waals surface area contributed by atoms with Gasteiger partial charge in [0.15, 0.2) is 18.9 Å². The Kier molecular flexibility index (Phi) is 57.3. The highest BCUT2D eigenvalue weighted by Crippen LogP contribution is 2.33. The molecule has 0 radical (unpaired) electrons. The lowest BCUT2D eigenvalue weighted by molar-refractivity contribution is -0.379. The van der Waals surface area contributed by atoms with E-state index in [0.717, 1.165) is 38.5 Å². The molecule has 19 nitrogen and oxygen atoms in total. The van der Waals surface area contributed by atoms with Gasteiger partial charge in [0.1, 0.15) is 73.2 Å². The predicted octanol–water partition coefficient (Wildman–Crippen LogP) is 13.9. The van der Waals surface area contributed by atoms with E-state index in [2.05, 4.69) is 43.5 Å². The minimum atomic E-state index is -1.98. The molecule has 3 aliphatic rings. The molecule has 0 aromatic carbocycles. The van der Waals surface area contributed by atoms with Crippen molar-refractivity contribution >= 4 is 5.91 Å². The standard InChI is InChI=1S/C81H151NO18/c1-3-5-7-9-11-13-15-17-19-21-23-25-27-29-31-33-34-36-38-40-42-44-46-48-50-52-54-56-58-65(86)64(82-69(87)59-57-55-53-51-49-47-45-43-41-39-37-35-32-30-28-26-24-22-20-18-16-14-12-10-8-6-4-2)63-95-79-75(93)72(90)77(67(61-84)97-79)100-81-76(94)73(91)78(68(62-85)98-81)99-80-74(92)71(89)70(88)66(60-83)96-80/h22,24,48,50,56,58,64-68,70-81,83-86,88-94H,3-21,23,25-47,49,51-55,57,59-63H2,1-2H3,(H,82,87)/b24-22-,50-48+,58-56+. The van der Waals surface area contributed by atoms with Crippen LogP contribution in [0.15, 0.2) is 36.5 Å². The summed E-state index contributed by atoms with van der Waals surface area (Å²) in [6.45, 7) is 1.77. The van der Waals surface area contributed by atoms with Gasteiger partial charge in [0.05, 0.1) is 38.6 Å². The summed E-state index contributed by atoms with van der Waals surface area (Å²) >= 11 is 0. The first-order valence-corrected chi connectivity index (χ1v) is 41.2. The fourth-order valence-electron chi connectivity index (χ4n) is 14.0. The summed E-state index contributed by atoms with van der Waals surface area (Å²) in [6.07, 6.45) is 50.0. The van der Waals surface area contributed by atoms with Crippen LogP contribution < -0.4 is 5.32 Å². The Hall–Kier alpha value is -1.99. The number of aliphatic hydroxyl groups excluding tert-OH is 11. The maximum Gasteiger partial charge on any atom is 0.220 e. The van der Waals surface area contributed by atoms with Crippen molar-refractivity contribution in [2.45, 2.75) is 446 Å². The molecule has 3 rings (SSSR count). The highest BCUT2D eigenvalue weighted by molar-refractivity contribution is 5.76. The number of ether oxygens (including phenoxy) is 6. The minimum absolute atomic E-state index is 0.238. The van der Waals surface area contributed by atoms with E-state index < -0.39 is 124 Å². The fraction of sp³-hybridized carbons (Fsp3) is 0.914. The third-order valence-electron chi connectivity index (χ3n) is 20.7. The lowest BCUT2D eigenvalue weighted by atomic mass is 9.96. The number of amides is 1. The Morgan fingerprint density at radius 1 is 0.350 bits per heavy atom. The van der Waals surface area contributed by atoms with E-state index in [1.54, 1.807) is 6.08 Å². The number of rotatable bonds is 66. The second-order valence-corrected chi connectivity index (χ2v) is 29.6. The van der Waals surface area contributed by atoms with E-state index in [1.165, 1.54) is 270 Å². The molecular weight excluding hydrogens is 1270 g/mol. The number of carbonyl (C=O) groups is 1. The van der Waals surface area contributed by atoms with E-state index in [0.29, 0.717) is 12.8 Å². The van der Waals surface area contributed by atoms with Gasteiger partial charge in [0.2, 0.25) is 5.91 Å². The van der Waals surface area contributed by atoms with Crippen LogP contribution in [0.25, 0.3) is 0 Å². The van der Waals surface area contributed by atoms with Gasteiger partial charge in [-0.3, -0.25) is 4.79 Å². The van der Waals surface area contributed by atoms with Crippen molar-refractivity contribution in [1.29, 1.82) is 0 Å². The molecule has 100 heavy (non-hydrogen) atoms. The third kappa shape index (κ3) is 41.8. The van der Waals surface area contributed by atoms with E-state index >= 15 is 0 Å². The summed E-state index contributed by atoms with van der Waals surface area (Å²) in [4.78, 5) is 13.5. The minimum Gasteiger partial charge on any atom is -0.394 e. The zero-order chi connectivity index (χ0) is 72.5. The smallest absolute Gasteiger partial charge is 0.220 e. The van der Waals surface area contributed by atoms with Crippen LogP contribution >= 0.6 is 0 Å². The van der Waals surface area contributed by atoms with Crippen molar-refractivity contribution in [3.05, 3.63) is 36.5 Å². The molecular formula is C81H151NO18. The van der Waals surface area contributed by atoms with Crippen LogP contribution in [0.4, 0.5) is 0 Å². The van der Waals surface area contributed by atoms with Crippen LogP contribution in [0.5, 0.6) is 0 Å². The molecule has 1 amide bonds. The van der Waals surface area contributed by atoms with Gasteiger partial charge >= 0.3 is 0 Å². The molecule has 17 unspecified atom stereocenters. The average Bonchev–Trinajstić information content (AvgIpc) is 0.783. The monoisotopic (exact) mass is 1430 g/mol. The van der Waals surface area contributed by atoms with Crippen molar-refractivity contribution < 1.29 is 89.4 Å². The molecule has 0 aromatic rings. The summed E-state index contributed by atoms with van der Waals surface area (Å²) < 4.78 is 34.5. The van der Waals surface area contributed by atoms with Crippen molar-refractivity contribution in [2.75, 3.05) is 26.4 Å². The number of aliphatic hydroxyl groups is 11. The molecule has 17 atom stereocenters. The van der Waals surface area contributed by atoms with E-state index in [-0.39, 0.29) is 18.9 Å². The number of unbranched alkanes of at least 4 members (excludes halogenated alkanes) is 46. The normalized spacial score (nSPS) is 26.6. The molecule has 0 saturated carbocycles. The number of carbonyl (C=O) groups excluding carboxylic acids is 1. The number of allylic oxidation sites excluding steroid dienone is 5.